The van der Waals surface area contributed by atoms with E-state index in [9.17, 15) is 12.8 Å². The van der Waals surface area contributed by atoms with Gasteiger partial charge in [-0.1, -0.05) is 17.7 Å². The Morgan fingerprint density at radius 3 is 2.41 bits per heavy atom. The van der Waals surface area contributed by atoms with Gasteiger partial charge < -0.3 is 14.5 Å². The predicted octanol–water partition coefficient (Wildman–Crippen LogP) is 3.68. The van der Waals surface area contributed by atoms with Gasteiger partial charge in [0.1, 0.15) is 5.82 Å². The minimum atomic E-state index is -3.90. The molecular weight excluding hydrogens is 371 g/mol. The molecule has 0 aliphatic carbocycles. The summed E-state index contributed by atoms with van der Waals surface area (Å²) in [6.45, 7) is 2.57. The number of nitrogens with zero attached hydrogens (tertiary/aromatic N) is 1. The number of halogens is 1. The van der Waals surface area contributed by atoms with Gasteiger partial charge in [-0.05, 0) is 43.3 Å². The van der Waals surface area contributed by atoms with E-state index in [1.54, 1.807) is 12.1 Å². The zero-order chi connectivity index (χ0) is 19.4. The van der Waals surface area contributed by atoms with Crippen molar-refractivity contribution in [2.75, 3.05) is 25.6 Å². The first-order valence-corrected chi connectivity index (χ1v) is 9.71. The fourth-order valence-corrected chi connectivity index (χ4v) is 3.69. The van der Waals surface area contributed by atoms with Gasteiger partial charge >= 0.3 is 0 Å². The van der Waals surface area contributed by atoms with Crippen LogP contribution in [-0.2, 0) is 14.6 Å². The van der Waals surface area contributed by atoms with E-state index in [1.165, 1.54) is 43.5 Å². The topological polar surface area (TPSA) is 81.4 Å². The van der Waals surface area contributed by atoms with Crippen molar-refractivity contribution in [3.05, 3.63) is 59.9 Å². The molecule has 142 valence electrons. The van der Waals surface area contributed by atoms with E-state index in [2.05, 4.69) is 10.3 Å². The van der Waals surface area contributed by atoms with Crippen molar-refractivity contribution in [1.82, 2.24) is 4.98 Å². The number of anilines is 1. The van der Waals surface area contributed by atoms with Gasteiger partial charge in [0, 0.05) is 19.2 Å². The van der Waals surface area contributed by atoms with Crippen LogP contribution in [-0.4, -0.2) is 33.7 Å². The van der Waals surface area contributed by atoms with Gasteiger partial charge in [-0.3, -0.25) is 0 Å². The minimum absolute atomic E-state index is 0.0203. The molecule has 0 radical (unpaired) electrons. The quantitative estimate of drug-likeness (QED) is 0.620. The van der Waals surface area contributed by atoms with Gasteiger partial charge in [-0.15, -0.1) is 0 Å². The molecule has 0 saturated heterocycles. The molecule has 1 N–H and O–H groups in total. The molecule has 8 heteroatoms. The van der Waals surface area contributed by atoms with Gasteiger partial charge in [-0.25, -0.2) is 12.8 Å². The second-order valence-corrected chi connectivity index (χ2v) is 7.76. The van der Waals surface area contributed by atoms with E-state index >= 15 is 0 Å². The van der Waals surface area contributed by atoms with E-state index in [4.69, 9.17) is 9.15 Å². The molecule has 0 amide bonds. The summed E-state index contributed by atoms with van der Waals surface area (Å²) in [6, 6.07) is 11.9. The number of oxazole rings is 1. The van der Waals surface area contributed by atoms with Crippen LogP contribution in [0.2, 0.25) is 0 Å². The number of sulfone groups is 1. The zero-order valence-corrected chi connectivity index (χ0v) is 15.7. The molecule has 3 aromatic rings. The standard InChI is InChI=1S/C19H19FN2O4S/c1-13-3-9-16(10-4-13)27(23,24)19-18(21-11-12-25-2)26-17(22-19)14-5-7-15(20)8-6-14/h3-10,21H,11-12H2,1-2H3. The van der Waals surface area contributed by atoms with Crippen molar-refractivity contribution in [3.63, 3.8) is 0 Å². The summed E-state index contributed by atoms with van der Waals surface area (Å²) in [4.78, 5) is 4.29. The van der Waals surface area contributed by atoms with Crippen molar-refractivity contribution >= 4 is 15.7 Å². The molecule has 0 spiro atoms. The van der Waals surface area contributed by atoms with E-state index in [0.717, 1.165) is 5.56 Å². The van der Waals surface area contributed by atoms with Gasteiger partial charge in [-0.2, -0.15) is 4.98 Å². The Morgan fingerprint density at radius 1 is 1.11 bits per heavy atom. The molecule has 1 aromatic heterocycles. The molecule has 0 saturated carbocycles. The van der Waals surface area contributed by atoms with Gasteiger partial charge in [0.15, 0.2) is 0 Å². The zero-order valence-electron chi connectivity index (χ0n) is 14.9. The summed E-state index contributed by atoms with van der Waals surface area (Å²) in [7, 11) is -2.36. The number of nitrogens with one attached hydrogen (secondary N) is 1. The third kappa shape index (κ3) is 4.17. The molecule has 0 aliphatic rings. The van der Waals surface area contributed by atoms with Crippen LogP contribution in [0.3, 0.4) is 0 Å². The van der Waals surface area contributed by atoms with Crippen LogP contribution in [0.1, 0.15) is 5.56 Å². The number of methoxy groups -OCH3 is 1. The lowest BCUT2D eigenvalue weighted by molar-refractivity contribution is 0.210. The maximum atomic E-state index is 13.2. The number of hydrogen-bond acceptors (Lipinski definition) is 6. The number of ether oxygens (including phenoxy) is 1. The third-order valence-electron chi connectivity index (χ3n) is 3.86. The normalized spacial score (nSPS) is 11.5. The monoisotopic (exact) mass is 390 g/mol. The number of rotatable bonds is 7. The minimum Gasteiger partial charge on any atom is -0.419 e. The van der Waals surface area contributed by atoms with Crippen molar-refractivity contribution < 1.29 is 22.0 Å². The summed E-state index contributed by atoms with van der Waals surface area (Å²) < 4.78 is 49.9. The highest BCUT2D eigenvalue weighted by Gasteiger charge is 2.28. The highest BCUT2D eigenvalue weighted by molar-refractivity contribution is 7.91. The van der Waals surface area contributed by atoms with Crippen LogP contribution in [0, 0.1) is 12.7 Å². The first-order valence-electron chi connectivity index (χ1n) is 8.23. The molecule has 0 aliphatic heterocycles. The fraction of sp³-hybridized carbons (Fsp3) is 0.211. The van der Waals surface area contributed by atoms with Crippen LogP contribution >= 0.6 is 0 Å². The number of benzene rings is 2. The summed E-state index contributed by atoms with van der Waals surface area (Å²) in [5.74, 6) is -0.302. The molecule has 0 unspecified atom stereocenters. The lowest BCUT2D eigenvalue weighted by Crippen LogP contribution is -2.11. The summed E-state index contributed by atoms with van der Waals surface area (Å²) >= 11 is 0. The number of aryl methyl sites for hydroxylation is 1. The van der Waals surface area contributed by atoms with Gasteiger partial charge in [0.05, 0.1) is 11.5 Å². The van der Waals surface area contributed by atoms with Crippen LogP contribution in [0.4, 0.5) is 10.3 Å². The Kier molecular flexibility index (Phi) is 5.57. The fourth-order valence-electron chi connectivity index (χ4n) is 2.41. The first-order chi connectivity index (χ1) is 12.9. The summed E-state index contributed by atoms with van der Waals surface area (Å²) in [5, 5.41) is 2.67. The lowest BCUT2D eigenvalue weighted by atomic mass is 10.2. The predicted molar refractivity (Wildman–Crippen MR) is 98.9 cm³/mol. The van der Waals surface area contributed by atoms with Crippen molar-refractivity contribution in [3.8, 4) is 11.5 Å². The molecule has 6 nitrogen and oxygen atoms in total. The van der Waals surface area contributed by atoms with Gasteiger partial charge in [0.2, 0.25) is 26.6 Å². The van der Waals surface area contributed by atoms with Gasteiger partial charge in [0.25, 0.3) is 0 Å². The molecular formula is C19H19FN2O4S. The summed E-state index contributed by atoms with van der Waals surface area (Å²) in [5.41, 5.74) is 1.41. The van der Waals surface area contributed by atoms with Crippen LogP contribution < -0.4 is 5.32 Å². The Balaban J connectivity index is 2.06. The Labute approximate surface area is 156 Å². The largest absolute Gasteiger partial charge is 0.419 e. The van der Waals surface area contributed by atoms with E-state index < -0.39 is 15.7 Å². The molecule has 3 rings (SSSR count). The maximum Gasteiger partial charge on any atom is 0.233 e. The maximum absolute atomic E-state index is 13.2. The average molecular weight is 390 g/mol. The first kappa shape index (κ1) is 19.1. The molecule has 0 bridgehead atoms. The molecule has 0 atom stereocenters. The Hall–Kier alpha value is -2.71. The molecule has 2 aromatic carbocycles. The van der Waals surface area contributed by atoms with E-state index in [0.29, 0.717) is 18.7 Å². The SMILES string of the molecule is COCCNc1oc(-c2ccc(F)cc2)nc1S(=O)(=O)c1ccc(C)cc1. The molecule has 27 heavy (non-hydrogen) atoms. The number of aromatic nitrogens is 1. The van der Waals surface area contributed by atoms with Crippen LogP contribution in [0.5, 0.6) is 0 Å². The average Bonchev–Trinajstić information content (AvgIpc) is 3.08. The smallest absolute Gasteiger partial charge is 0.233 e. The highest BCUT2D eigenvalue weighted by atomic mass is 32.2. The van der Waals surface area contributed by atoms with Crippen LogP contribution in [0.15, 0.2) is 62.9 Å². The lowest BCUT2D eigenvalue weighted by Gasteiger charge is -2.06. The van der Waals surface area contributed by atoms with E-state index in [1.807, 2.05) is 6.92 Å². The van der Waals surface area contributed by atoms with E-state index in [-0.39, 0.29) is 21.7 Å². The van der Waals surface area contributed by atoms with Crippen LogP contribution in [0.25, 0.3) is 11.5 Å². The second kappa shape index (κ2) is 7.89. The summed E-state index contributed by atoms with van der Waals surface area (Å²) in [6.07, 6.45) is 0. The molecule has 1 heterocycles. The van der Waals surface area contributed by atoms with Crippen molar-refractivity contribution in [1.29, 1.82) is 0 Å². The highest BCUT2D eigenvalue weighted by Crippen LogP contribution is 2.32. The Morgan fingerprint density at radius 2 is 1.78 bits per heavy atom. The van der Waals surface area contributed by atoms with Crippen molar-refractivity contribution in [2.24, 2.45) is 0 Å². The second-order valence-electron chi connectivity index (χ2n) is 5.90. The number of hydrogen-bond donors (Lipinski definition) is 1. The van der Waals surface area contributed by atoms with Crippen molar-refractivity contribution in [2.45, 2.75) is 16.8 Å². The third-order valence-corrected chi connectivity index (χ3v) is 5.54. The Bertz CT molecular complexity index is 1010. The molecule has 0 fully saturated rings.